The maximum Gasteiger partial charge on any atom is 0.250 e. The highest BCUT2D eigenvalue weighted by Gasteiger charge is 2.75. The Hall–Kier alpha value is -2.54. The summed E-state index contributed by atoms with van der Waals surface area (Å²) in [5, 5.41) is 2.81. The topological polar surface area (TPSA) is 75.7 Å². The number of sulfonamides is 1. The van der Waals surface area contributed by atoms with E-state index in [0.717, 1.165) is 5.56 Å². The summed E-state index contributed by atoms with van der Waals surface area (Å²) in [5.41, 5.74) is 2.03. The fourth-order valence-corrected chi connectivity index (χ4v) is 6.06. The van der Waals surface area contributed by atoms with Crippen molar-refractivity contribution in [3.63, 3.8) is 0 Å². The molecule has 1 amide bonds. The number of carbonyl (C=O) groups excluding carboxylic acids is 1. The van der Waals surface area contributed by atoms with Crippen LogP contribution in [0.5, 0.6) is 5.75 Å². The number of amides is 1. The number of hydrogen-bond donors (Lipinski definition) is 1. The molecule has 2 fully saturated rings. The molecule has 1 N–H and O–H groups in total. The van der Waals surface area contributed by atoms with Gasteiger partial charge in [0.05, 0.1) is 12.8 Å². The molecule has 1 aliphatic carbocycles. The van der Waals surface area contributed by atoms with Gasteiger partial charge in [-0.15, -0.1) is 0 Å². The Morgan fingerprint density at radius 1 is 1.23 bits per heavy atom. The van der Waals surface area contributed by atoms with Gasteiger partial charge in [0.25, 0.3) is 0 Å². The second-order valence-electron chi connectivity index (χ2n) is 6.80. The summed E-state index contributed by atoms with van der Waals surface area (Å²) in [6.45, 7) is 2.20. The third-order valence-electron chi connectivity index (χ3n) is 5.30. The van der Waals surface area contributed by atoms with Crippen LogP contribution in [0.1, 0.15) is 12.0 Å². The van der Waals surface area contributed by atoms with Crippen molar-refractivity contribution < 1.29 is 17.9 Å². The standard InChI is InChI=1S/C19H20N2O4S/c1-13-10-16(25-2)8-9-17(13)20-18(22)19-11-14(19)12-21(26(19,23)24)15-6-4-3-5-7-15/h3-10,14H,11-12H2,1-2H3,(H,20,22)/t14-,19-/m1/s1. The van der Waals surface area contributed by atoms with Crippen LogP contribution in [0.4, 0.5) is 11.4 Å². The maximum atomic E-state index is 13.1. The normalized spacial score (nSPS) is 25.5. The van der Waals surface area contributed by atoms with Gasteiger partial charge in [0, 0.05) is 18.2 Å². The lowest BCUT2D eigenvalue weighted by Gasteiger charge is -2.23. The van der Waals surface area contributed by atoms with E-state index in [1.54, 1.807) is 49.6 Å². The Morgan fingerprint density at radius 3 is 2.62 bits per heavy atom. The van der Waals surface area contributed by atoms with E-state index in [4.69, 9.17) is 4.74 Å². The molecule has 1 saturated heterocycles. The van der Waals surface area contributed by atoms with E-state index in [1.165, 1.54) is 4.31 Å². The minimum Gasteiger partial charge on any atom is -0.497 e. The van der Waals surface area contributed by atoms with Crippen LogP contribution in [-0.2, 0) is 14.8 Å². The van der Waals surface area contributed by atoms with Gasteiger partial charge >= 0.3 is 0 Å². The van der Waals surface area contributed by atoms with Crippen molar-refractivity contribution in [3.8, 4) is 5.75 Å². The third kappa shape index (κ3) is 2.30. The lowest BCUT2D eigenvalue weighted by molar-refractivity contribution is -0.116. The highest BCUT2D eigenvalue weighted by atomic mass is 32.2. The summed E-state index contributed by atoms with van der Waals surface area (Å²) < 4.78 is 31.4. The number of rotatable bonds is 4. The average molecular weight is 372 g/mol. The van der Waals surface area contributed by atoms with Crippen LogP contribution in [0.15, 0.2) is 48.5 Å². The lowest BCUT2D eigenvalue weighted by Crippen LogP contribution is -2.42. The Kier molecular flexibility index (Phi) is 3.73. The van der Waals surface area contributed by atoms with E-state index in [2.05, 4.69) is 5.32 Å². The second-order valence-corrected chi connectivity index (χ2v) is 8.92. The predicted molar refractivity (Wildman–Crippen MR) is 99.9 cm³/mol. The minimum absolute atomic E-state index is 0.175. The molecule has 0 aromatic heterocycles. The van der Waals surface area contributed by atoms with Gasteiger partial charge in [-0.25, -0.2) is 8.42 Å². The first-order valence-corrected chi connectivity index (χ1v) is 9.87. The van der Waals surface area contributed by atoms with E-state index in [-0.39, 0.29) is 5.92 Å². The molecule has 6 nitrogen and oxygen atoms in total. The third-order valence-corrected chi connectivity index (χ3v) is 7.84. The molecule has 4 rings (SSSR count). The number of benzene rings is 2. The molecule has 0 spiro atoms. The van der Waals surface area contributed by atoms with Gasteiger partial charge in [0.15, 0.2) is 4.75 Å². The molecule has 1 heterocycles. The first-order chi connectivity index (χ1) is 12.4. The molecule has 0 unspecified atom stereocenters. The smallest absolute Gasteiger partial charge is 0.250 e. The number of anilines is 2. The fourth-order valence-electron chi connectivity index (χ4n) is 3.70. The zero-order valence-corrected chi connectivity index (χ0v) is 15.4. The molecular formula is C19H20N2O4S. The van der Waals surface area contributed by atoms with Crippen molar-refractivity contribution in [2.75, 3.05) is 23.3 Å². The summed E-state index contributed by atoms with van der Waals surface area (Å²) in [4.78, 5) is 12.9. The van der Waals surface area contributed by atoms with E-state index >= 15 is 0 Å². The van der Waals surface area contributed by atoms with Crippen molar-refractivity contribution >= 4 is 27.3 Å². The number of aryl methyl sites for hydroxylation is 1. The monoisotopic (exact) mass is 372 g/mol. The van der Waals surface area contributed by atoms with Crippen molar-refractivity contribution in [2.24, 2.45) is 5.92 Å². The minimum atomic E-state index is -3.75. The van der Waals surface area contributed by atoms with Gasteiger partial charge in [-0.2, -0.15) is 0 Å². The van der Waals surface area contributed by atoms with Gasteiger partial charge in [0.1, 0.15) is 5.75 Å². The van der Waals surface area contributed by atoms with Crippen LogP contribution in [-0.4, -0.2) is 32.7 Å². The maximum absolute atomic E-state index is 13.1. The molecule has 2 aliphatic rings. The average Bonchev–Trinajstić information content (AvgIpc) is 3.33. The molecule has 1 aliphatic heterocycles. The van der Waals surface area contributed by atoms with E-state index < -0.39 is 20.7 Å². The van der Waals surface area contributed by atoms with Crippen molar-refractivity contribution in [1.29, 1.82) is 0 Å². The Balaban J connectivity index is 1.61. The van der Waals surface area contributed by atoms with Gasteiger partial charge in [-0.3, -0.25) is 9.10 Å². The summed E-state index contributed by atoms with van der Waals surface area (Å²) >= 11 is 0. The van der Waals surface area contributed by atoms with Gasteiger partial charge < -0.3 is 10.1 Å². The molecule has 0 radical (unpaired) electrons. The lowest BCUT2D eigenvalue weighted by atomic mass is 10.1. The van der Waals surface area contributed by atoms with Crippen molar-refractivity contribution in [1.82, 2.24) is 0 Å². The Bertz CT molecular complexity index is 974. The summed E-state index contributed by atoms with van der Waals surface area (Å²) in [5.74, 6) is 0.0622. The molecule has 136 valence electrons. The van der Waals surface area contributed by atoms with E-state index in [1.807, 2.05) is 13.0 Å². The van der Waals surface area contributed by atoms with Gasteiger partial charge in [-0.1, -0.05) is 18.2 Å². The molecule has 2 aromatic rings. The van der Waals surface area contributed by atoms with Crippen LogP contribution < -0.4 is 14.4 Å². The summed E-state index contributed by atoms with van der Waals surface area (Å²) in [7, 11) is -2.18. The largest absolute Gasteiger partial charge is 0.497 e. The van der Waals surface area contributed by atoms with Crippen molar-refractivity contribution in [3.05, 3.63) is 54.1 Å². The SMILES string of the molecule is COc1ccc(NC(=O)[C@@]23C[C@@H]2CN(c2ccccc2)S3(=O)=O)c(C)c1. The number of nitrogens with one attached hydrogen (secondary N) is 1. The number of nitrogens with zero attached hydrogens (tertiary/aromatic N) is 1. The number of ether oxygens (including phenoxy) is 1. The van der Waals surface area contributed by atoms with E-state index in [9.17, 15) is 13.2 Å². The second kappa shape index (κ2) is 5.74. The van der Waals surface area contributed by atoms with Crippen LogP contribution in [0, 0.1) is 12.8 Å². The molecule has 2 aromatic carbocycles. The van der Waals surface area contributed by atoms with Gasteiger partial charge in [-0.05, 0) is 49.2 Å². The highest BCUT2D eigenvalue weighted by molar-refractivity contribution is 7.95. The fraction of sp³-hybridized carbons (Fsp3) is 0.316. The quantitative estimate of drug-likeness (QED) is 0.895. The van der Waals surface area contributed by atoms with Gasteiger partial charge in [0.2, 0.25) is 15.9 Å². The summed E-state index contributed by atoms with van der Waals surface area (Å²) in [6, 6.07) is 14.2. The molecule has 0 bridgehead atoms. The Labute approximate surface area is 152 Å². The van der Waals surface area contributed by atoms with E-state index in [0.29, 0.717) is 30.1 Å². The molecular weight excluding hydrogens is 352 g/mol. The zero-order valence-electron chi connectivity index (χ0n) is 14.6. The molecule has 7 heteroatoms. The first-order valence-electron chi connectivity index (χ1n) is 8.43. The molecule has 1 saturated carbocycles. The molecule has 26 heavy (non-hydrogen) atoms. The number of hydrogen-bond acceptors (Lipinski definition) is 4. The number of para-hydroxylation sites is 1. The molecule has 2 atom stereocenters. The Morgan fingerprint density at radius 2 is 1.96 bits per heavy atom. The zero-order chi connectivity index (χ0) is 18.5. The van der Waals surface area contributed by atoms with Crippen LogP contribution in [0.25, 0.3) is 0 Å². The number of methoxy groups -OCH3 is 1. The highest BCUT2D eigenvalue weighted by Crippen LogP contribution is 2.58. The summed E-state index contributed by atoms with van der Waals surface area (Å²) in [6.07, 6.45) is 0.375. The first kappa shape index (κ1) is 16.9. The number of carbonyl (C=O) groups is 1. The van der Waals surface area contributed by atoms with Crippen LogP contribution in [0.2, 0.25) is 0 Å². The van der Waals surface area contributed by atoms with Crippen LogP contribution >= 0.6 is 0 Å². The van der Waals surface area contributed by atoms with Crippen LogP contribution in [0.3, 0.4) is 0 Å². The number of fused-ring (bicyclic) bond motifs is 1. The predicted octanol–water partition coefficient (Wildman–Crippen LogP) is 2.55. The van der Waals surface area contributed by atoms with Crippen molar-refractivity contribution in [2.45, 2.75) is 18.1 Å².